The maximum Gasteiger partial charge on any atom is 0.248 e. The molecule has 21 heavy (non-hydrogen) atoms. The molecule has 0 radical (unpaired) electrons. The van der Waals surface area contributed by atoms with Crippen LogP contribution in [0.2, 0.25) is 0 Å². The van der Waals surface area contributed by atoms with Crippen LogP contribution in [0, 0.1) is 17.8 Å². The molecule has 2 bridgehead atoms. The highest BCUT2D eigenvalue weighted by Gasteiger charge is 2.47. The lowest BCUT2D eigenvalue weighted by molar-refractivity contribution is -0.141. The summed E-state index contributed by atoms with van der Waals surface area (Å²) in [7, 11) is 0. The lowest BCUT2D eigenvalue weighted by Gasteiger charge is -2.39. The van der Waals surface area contributed by atoms with Gasteiger partial charge in [-0.1, -0.05) is 13.3 Å². The second-order valence-electron chi connectivity index (χ2n) is 7.56. The van der Waals surface area contributed by atoms with Crippen molar-refractivity contribution in [2.75, 3.05) is 6.54 Å². The number of fused-ring (bicyclic) bond motifs is 2. The van der Waals surface area contributed by atoms with Crippen LogP contribution in [-0.4, -0.2) is 34.8 Å². The van der Waals surface area contributed by atoms with Crippen molar-refractivity contribution < 1.29 is 9.59 Å². The Morgan fingerprint density at radius 2 is 2.10 bits per heavy atom. The maximum atomic E-state index is 13.0. The summed E-state index contributed by atoms with van der Waals surface area (Å²) in [5, 5.41) is 2.93. The summed E-state index contributed by atoms with van der Waals surface area (Å²) in [5.74, 6) is 2.46. The van der Waals surface area contributed by atoms with Crippen molar-refractivity contribution in [2.45, 2.75) is 70.9 Å². The first-order chi connectivity index (χ1) is 9.94. The third kappa shape index (κ3) is 2.47. The highest BCUT2D eigenvalue weighted by Crippen LogP contribution is 2.50. The number of nitrogens with one attached hydrogen (secondary N) is 1. The summed E-state index contributed by atoms with van der Waals surface area (Å²) < 4.78 is 0. The average Bonchev–Trinajstić information content (AvgIpc) is 3.06. The average molecular weight is 292 g/mol. The Balaban J connectivity index is 1.79. The van der Waals surface area contributed by atoms with Gasteiger partial charge in [-0.15, -0.1) is 0 Å². The molecular formula is C17H28N2O2. The molecule has 2 saturated carbocycles. The molecule has 1 saturated heterocycles. The Kier molecular flexibility index (Phi) is 3.74. The Bertz CT molecular complexity index is 450. The van der Waals surface area contributed by atoms with E-state index in [4.69, 9.17) is 0 Å². The van der Waals surface area contributed by atoms with Gasteiger partial charge in [0.05, 0.1) is 0 Å². The van der Waals surface area contributed by atoms with Crippen LogP contribution < -0.4 is 5.32 Å². The number of carbonyl (C=O) groups excluding carboxylic acids is 2. The van der Waals surface area contributed by atoms with Crippen LogP contribution in [-0.2, 0) is 9.59 Å². The Morgan fingerprint density at radius 3 is 2.67 bits per heavy atom. The molecule has 3 aliphatic rings. The van der Waals surface area contributed by atoms with Crippen molar-refractivity contribution >= 4 is 11.8 Å². The Morgan fingerprint density at radius 1 is 1.33 bits per heavy atom. The predicted molar refractivity (Wildman–Crippen MR) is 81.6 cm³/mol. The molecule has 0 spiro atoms. The normalized spacial score (nSPS) is 41.1. The standard InChI is InChI=1S/C17H28N2O2/c1-4-17(3)16(21)19(8-7-15(20)18-17)11(2)14-10-12-5-6-13(14)9-12/h11-14H,4-10H2,1-3H3,(H,18,20). The van der Waals surface area contributed by atoms with Crippen LogP contribution in [0.5, 0.6) is 0 Å². The number of rotatable bonds is 3. The Labute approximate surface area is 127 Å². The zero-order valence-electron chi connectivity index (χ0n) is 13.5. The second kappa shape index (κ2) is 5.29. The van der Waals surface area contributed by atoms with E-state index < -0.39 is 5.54 Å². The number of nitrogens with zero attached hydrogens (tertiary/aromatic N) is 1. The molecule has 2 amide bonds. The summed E-state index contributed by atoms with van der Waals surface area (Å²) in [5.41, 5.74) is -0.723. The van der Waals surface area contributed by atoms with Crippen molar-refractivity contribution in [3.8, 4) is 0 Å². The number of hydrogen-bond donors (Lipinski definition) is 1. The van der Waals surface area contributed by atoms with E-state index in [1.165, 1.54) is 25.7 Å². The van der Waals surface area contributed by atoms with E-state index in [-0.39, 0.29) is 17.9 Å². The van der Waals surface area contributed by atoms with E-state index in [2.05, 4.69) is 12.2 Å². The SMILES string of the molecule is CCC1(C)NC(=O)CCN(C(C)C2CC3CCC2C3)C1=O. The number of hydrogen-bond acceptors (Lipinski definition) is 2. The molecule has 3 fully saturated rings. The van der Waals surface area contributed by atoms with Crippen LogP contribution >= 0.6 is 0 Å². The molecular weight excluding hydrogens is 264 g/mol. The third-order valence-corrected chi connectivity index (χ3v) is 6.34. The van der Waals surface area contributed by atoms with Crippen LogP contribution in [0.1, 0.15) is 59.3 Å². The molecule has 0 aromatic rings. The van der Waals surface area contributed by atoms with Crippen LogP contribution in [0.4, 0.5) is 0 Å². The van der Waals surface area contributed by atoms with E-state index >= 15 is 0 Å². The first-order valence-electron chi connectivity index (χ1n) is 8.56. The molecule has 0 aromatic heterocycles. The molecule has 0 aromatic carbocycles. The van der Waals surface area contributed by atoms with Gasteiger partial charge < -0.3 is 10.2 Å². The van der Waals surface area contributed by atoms with Gasteiger partial charge in [0.25, 0.3) is 0 Å². The fourth-order valence-corrected chi connectivity index (χ4v) is 4.81. The van der Waals surface area contributed by atoms with Crippen LogP contribution in [0.15, 0.2) is 0 Å². The molecule has 5 atom stereocenters. The fraction of sp³-hybridized carbons (Fsp3) is 0.882. The van der Waals surface area contributed by atoms with Crippen molar-refractivity contribution in [3.63, 3.8) is 0 Å². The van der Waals surface area contributed by atoms with Crippen molar-refractivity contribution in [3.05, 3.63) is 0 Å². The van der Waals surface area contributed by atoms with Gasteiger partial charge in [0, 0.05) is 19.0 Å². The fourth-order valence-electron chi connectivity index (χ4n) is 4.81. The molecule has 4 nitrogen and oxygen atoms in total. The first-order valence-corrected chi connectivity index (χ1v) is 8.56. The lowest BCUT2D eigenvalue weighted by atomic mass is 9.82. The van der Waals surface area contributed by atoms with Gasteiger partial charge in [0.2, 0.25) is 11.8 Å². The third-order valence-electron chi connectivity index (χ3n) is 6.34. The van der Waals surface area contributed by atoms with E-state index in [9.17, 15) is 9.59 Å². The van der Waals surface area contributed by atoms with Gasteiger partial charge in [0.1, 0.15) is 5.54 Å². The maximum absolute atomic E-state index is 13.0. The van der Waals surface area contributed by atoms with Crippen LogP contribution in [0.3, 0.4) is 0 Å². The highest BCUT2D eigenvalue weighted by molar-refractivity contribution is 5.93. The second-order valence-corrected chi connectivity index (χ2v) is 7.56. The largest absolute Gasteiger partial charge is 0.342 e. The molecule has 118 valence electrons. The summed E-state index contributed by atoms with van der Waals surface area (Å²) in [6.45, 7) is 6.63. The van der Waals surface area contributed by atoms with E-state index in [0.717, 1.165) is 11.8 Å². The van der Waals surface area contributed by atoms with Gasteiger partial charge in [-0.25, -0.2) is 0 Å². The number of carbonyl (C=O) groups is 2. The zero-order chi connectivity index (χ0) is 15.2. The van der Waals surface area contributed by atoms with Gasteiger partial charge in [-0.3, -0.25) is 9.59 Å². The van der Waals surface area contributed by atoms with Crippen LogP contribution in [0.25, 0.3) is 0 Å². The molecule has 5 unspecified atom stereocenters. The topological polar surface area (TPSA) is 49.4 Å². The minimum atomic E-state index is -0.723. The molecule has 1 N–H and O–H groups in total. The van der Waals surface area contributed by atoms with E-state index in [1.807, 2.05) is 18.7 Å². The quantitative estimate of drug-likeness (QED) is 0.868. The summed E-state index contributed by atoms with van der Waals surface area (Å²) in [6, 6.07) is 0.270. The van der Waals surface area contributed by atoms with Gasteiger partial charge in [0.15, 0.2) is 0 Å². The Hall–Kier alpha value is -1.06. The van der Waals surface area contributed by atoms with Gasteiger partial charge >= 0.3 is 0 Å². The zero-order valence-corrected chi connectivity index (χ0v) is 13.5. The highest BCUT2D eigenvalue weighted by atomic mass is 16.2. The van der Waals surface area contributed by atoms with Gasteiger partial charge in [-0.05, 0) is 57.3 Å². The minimum absolute atomic E-state index is 0.00958. The predicted octanol–water partition coefficient (Wildman–Crippen LogP) is 2.33. The molecule has 2 aliphatic carbocycles. The lowest BCUT2D eigenvalue weighted by Crippen LogP contribution is -2.57. The molecule has 3 rings (SSSR count). The summed E-state index contributed by atoms with van der Waals surface area (Å²) in [4.78, 5) is 26.9. The van der Waals surface area contributed by atoms with E-state index in [0.29, 0.717) is 25.3 Å². The van der Waals surface area contributed by atoms with Gasteiger partial charge in [-0.2, -0.15) is 0 Å². The molecule has 1 heterocycles. The van der Waals surface area contributed by atoms with E-state index in [1.54, 1.807) is 0 Å². The first kappa shape index (κ1) is 14.9. The van der Waals surface area contributed by atoms with Crippen molar-refractivity contribution in [1.29, 1.82) is 0 Å². The summed E-state index contributed by atoms with van der Waals surface area (Å²) in [6.07, 6.45) is 6.45. The smallest absolute Gasteiger partial charge is 0.248 e. The number of amides is 2. The molecule has 4 heteroatoms. The molecule has 1 aliphatic heterocycles. The van der Waals surface area contributed by atoms with Crippen molar-refractivity contribution in [2.24, 2.45) is 17.8 Å². The summed E-state index contributed by atoms with van der Waals surface area (Å²) >= 11 is 0. The monoisotopic (exact) mass is 292 g/mol. The van der Waals surface area contributed by atoms with Crippen molar-refractivity contribution in [1.82, 2.24) is 10.2 Å². The minimum Gasteiger partial charge on any atom is -0.342 e.